The highest BCUT2D eigenvalue weighted by molar-refractivity contribution is 5.23. The normalized spacial score (nSPS) is 24.0. The van der Waals surface area contributed by atoms with Gasteiger partial charge in [0.25, 0.3) is 0 Å². The van der Waals surface area contributed by atoms with Gasteiger partial charge in [0.1, 0.15) is 11.6 Å². The van der Waals surface area contributed by atoms with Crippen LogP contribution in [0.1, 0.15) is 37.8 Å². The summed E-state index contributed by atoms with van der Waals surface area (Å²) in [6.45, 7) is 5.01. The summed E-state index contributed by atoms with van der Waals surface area (Å²) in [5, 5.41) is 3.44. The molecule has 0 bridgehead atoms. The highest BCUT2D eigenvalue weighted by Gasteiger charge is 2.30. The number of nitrogens with zero attached hydrogens (tertiary/aromatic N) is 1. The van der Waals surface area contributed by atoms with Crippen LogP contribution in [0.4, 0.5) is 8.78 Å². The summed E-state index contributed by atoms with van der Waals surface area (Å²) in [5.74, 6) is -0.569. The van der Waals surface area contributed by atoms with Crippen LogP contribution in [0.2, 0.25) is 0 Å². The quantitative estimate of drug-likeness (QED) is 0.833. The largest absolute Gasteiger partial charge is 0.316 e. The molecular weight excluding hydrogens is 258 g/mol. The van der Waals surface area contributed by atoms with Gasteiger partial charge in [-0.05, 0) is 69.6 Å². The molecule has 0 amide bonds. The SMILES string of the molecule is CCCNCC1CCCN(C)C1c1cc(F)cc(F)c1. The summed E-state index contributed by atoms with van der Waals surface area (Å²) < 4.78 is 26.9. The van der Waals surface area contributed by atoms with Crippen LogP contribution in [0.5, 0.6) is 0 Å². The van der Waals surface area contributed by atoms with Crippen LogP contribution in [-0.4, -0.2) is 31.6 Å². The third kappa shape index (κ3) is 3.76. The van der Waals surface area contributed by atoms with Gasteiger partial charge in [0.05, 0.1) is 0 Å². The Bertz CT molecular complexity index is 416. The number of hydrogen-bond donors (Lipinski definition) is 1. The third-order valence-electron chi connectivity index (χ3n) is 4.07. The maximum absolute atomic E-state index is 13.5. The second kappa shape index (κ2) is 7.14. The van der Waals surface area contributed by atoms with Gasteiger partial charge in [0.15, 0.2) is 0 Å². The summed E-state index contributed by atoms with van der Waals surface area (Å²) in [7, 11) is 2.04. The number of nitrogens with one attached hydrogen (secondary N) is 1. The van der Waals surface area contributed by atoms with E-state index in [1.54, 1.807) is 0 Å². The maximum atomic E-state index is 13.5. The van der Waals surface area contributed by atoms with Crippen LogP contribution in [-0.2, 0) is 0 Å². The van der Waals surface area contributed by atoms with Crippen molar-refractivity contribution in [3.05, 3.63) is 35.4 Å². The minimum Gasteiger partial charge on any atom is -0.316 e. The van der Waals surface area contributed by atoms with Crippen molar-refractivity contribution in [1.82, 2.24) is 10.2 Å². The summed E-state index contributed by atoms with van der Waals surface area (Å²) >= 11 is 0. The second-order valence-electron chi connectivity index (χ2n) is 5.73. The molecule has 1 N–H and O–H groups in total. The molecule has 2 unspecified atom stereocenters. The van der Waals surface area contributed by atoms with E-state index in [9.17, 15) is 8.78 Å². The van der Waals surface area contributed by atoms with Crippen molar-refractivity contribution in [3.8, 4) is 0 Å². The van der Waals surface area contributed by atoms with E-state index in [0.717, 1.165) is 50.5 Å². The van der Waals surface area contributed by atoms with Crippen molar-refractivity contribution >= 4 is 0 Å². The fourth-order valence-corrected chi connectivity index (χ4v) is 3.21. The highest BCUT2D eigenvalue weighted by Crippen LogP contribution is 2.35. The summed E-state index contributed by atoms with van der Waals surface area (Å²) in [4.78, 5) is 2.22. The lowest BCUT2D eigenvalue weighted by Crippen LogP contribution is -2.40. The van der Waals surface area contributed by atoms with Gasteiger partial charge >= 0.3 is 0 Å². The fraction of sp³-hybridized carbons (Fsp3) is 0.625. The maximum Gasteiger partial charge on any atom is 0.126 e. The standard InChI is InChI=1S/C16H24F2N2/c1-3-6-19-11-12-5-4-7-20(2)16(12)13-8-14(17)10-15(18)9-13/h8-10,12,16,19H,3-7,11H2,1-2H3. The second-order valence-corrected chi connectivity index (χ2v) is 5.73. The Labute approximate surface area is 120 Å². The van der Waals surface area contributed by atoms with Crippen molar-refractivity contribution in [3.63, 3.8) is 0 Å². The highest BCUT2D eigenvalue weighted by atomic mass is 19.1. The van der Waals surface area contributed by atoms with E-state index in [2.05, 4.69) is 17.1 Å². The van der Waals surface area contributed by atoms with Crippen molar-refractivity contribution in [2.45, 2.75) is 32.2 Å². The molecule has 0 aliphatic carbocycles. The smallest absolute Gasteiger partial charge is 0.126 e. The zero-order chi connectivity index (χ0) is 14.5. The van der Waals surface area contributed by atoms with Gasteiger partial charge in [0, 0.05) is 12.1 Å². The predicted molar refractivity (Wildman–Crippen MR) is 77.6 cm³/mol. The minimum absolute atomic E-state index is 0.0957. The zero-order valence-electron chi connectivity index (χ0n) is 12.3. The molecule has 2 atom stereocenters. The van der Waals surface area contributed by atoms with Gasteiger partial charge in [-0.3, -0.25) is 4.90 Å². The zero-order valence-corrected chi connectivity index (χ0v) is 12.3. The monoisotopic (exact) mass is 282 g/mol. The Morgan fingerprint density at radius 3 is 2.60 bits per heavy atom. The molecule has 1 fully saturated rings. The molecule has 4 heteroatoms. The first-order valence-corrected chi connectivity index (χ1v) is 7.48. The number of benzene rings is 1. The lowest BCUT2D eigenvalue weighted by atomic mass is 9.84. The lowest BCUT2D eigenvalue weighted by Gasteiger charge is -2.39. The predicted octanol–water partition coefficient (Wildman–Crippen LogP) is 3.35. The van der Waals surface area contributed by atoms with Crippen molar-refractivity contribution in [2.75, 3.05) is 26.7 Å². The van der Waals surface area contributed by atoms with Crippen LogP contribution in [0.3, 0.4) is 0 Å². The molecule has 0 aromatic heterocycles. The molecule has 1 aliphatic heterocycles. The van der Waals surface area contributed by atoms with Crippen LogP contribution < -0.4 is 5.32 Å². The Morgan fingerprint density at radius 1 is 1.25 bits per heavy atom. The molecule has 1 aliphatic rings. The molecule has 2 nitrogen and oxygen atoms in total. The molecule has 1 aromatic rings. The Hall–Kier alpha value is -1.00. The molecule has 1 saturated heterocycles. The van der Waals surface area contributed by atoms with Crippen molar-refractivity contribution < 1.29 is 8.78 Å². The van der Waals surface area contributed by atoms with Crippen molar-refractivity contribution in [1.29, 1.82) is 0 Å². The van der Waals surface area contributed by atoms with E-state index in [0.29, 0.717) is 5.92 Å². The first-order valence-electron chi connectivity index (χ1n) is 7.48. The van der Waals surface area contributed by atoms with E-state index in [1.165, 1.54) is 12.1 Å². The van der Waals surface area contributed by atoms with Crippen LogP contribution in [0.25, 0.3) is 0 Å². The Balaban J connectivity index is 2.18. The number of rotatable bonds is 5. The number of halogens is 2. The van der Waals surface area contributed by atoms with Gasteiger partial charge in [-0.2, -0.15) is 0 Å². The van der Waals surface area contributed by atoms with E-state index < -0.39 is 11.6 Å². The van der Waals surface area contributed by atoms with Gasteiger partial charge in [-0.15, -0.1) is 0 Å². The molecule has 112 valence electrons. The molecule has 0 spiro atoms. The van der Waals surface area contributed by atoms with Crippen LogP contribution in [0, 0.1) is 17.6 Å². The average molecular weight is 282 g/mol. The molecular formula is C16H24F2N2. The average Bonchev–Trinajstić information content (AvgIpc) is 2.38. The molecule has 0 radical (unpaired) electrons. The topological polar surface area (TPSA) is 15.3 Å². The van der Waals surface area contributed by atoms with Crippen LogP contribution >= 0.6 is 0 Å². The van der Waals surface area contributed by atoms with E-state index in [4.69, 9.17) is 0 Å². The first kappa shape index (κ1) is 15.4. The third-order valence-corrected chi connectivity index (χ3v) is 4.07. The number of piperidine rings is 1. The number of likely N-dealkylation sites (tertiary alicyclic amines) is 1. The Kier molecular flexibility index (Phi) is 5.49. The van der Waals surface area contributed by atoms with E-state index in [1.807, 2.05) is 7.05 Å². The fourth-order valence-electron chi connectivity index (χ4n) is 3.21. The van der Waals surface area contributed by atoms with Gasteiger partial charge in [-0.25, -0.2) is 8.78 Å². The molecule has 1 aromatic carbocycles. The molecule has 0 saturated carbocycles. The van der Waals surface area contributed by atoms with E-state index >= 15 is 0 Å². The van der Waals surface area contributed by atoms with Gasteiger partial charge in [-0.1, -0.05) is 6.92 Å². The molecule has 20 heavy (non-hydrogen) atoms. The minimum atomic E-state index is -0.487. The summed E-state index contributed by atoms with van der Waals surface area (Å²) in [6, 6.07) is 3.99. The van der Waals surface area contributed by atoms with Crippen molar-refractivity contribution in [2.24, 2.45) is 5.92 Å². The van der Waals surface area contributed by atoms with Gasteiger partial charge in [0.2, 0.25) is 0 Å². The van der Waals surface area contributed by atoms with Crippen LogP contribution in [0.15, 0.2) is 18.2 Å². The molecule has 1 heterocycles. The summed E-state index contributed by atoms with van der Waals surface area (Å²) in [5.41, 5.74) is 0.757. The number of hydrogen-bond acceptors (Lipinski definition) is 2. The van der Waals surface area contributed by atoms with E-state index in [-0.39, 0.29) is 6.04 Å². The Morgan fingerprint density at radius 2 is 1.95 bits per heavy atom. The lowest BCUT2D eigenvalue weighted by molar-refractivity contribution is 0.119. The van der Waals surface area contributed by atoms with Gasteiger partial charge < -0.3 is 5.32 Å². The first-order chi connectivity index (χ1) is 9.61. The molecule has 2 rings (SSSR count). The summed E-state index contributed by atoms with van der Waals surface area (Å²) in [6.07, 6.45) is 3.34.